The topological polar surface area (TPSA) is 86.0 Å². The fourth-order valence-corrected chi connectivity index (χ4v) is 5.59. The van der Waals surface area contributed by atoms with E-state index >= 15 is 0 Å². The molecule has 6 rings (SSSR count). The molecule has 29 heavy (non-hydrogen) atoms. The van der Waals surface area contributed by atoms with Crippen LogP contribution in [0, 0.1) is 0 Å². The minimum atomic E-state index is -0.385. The lowest BCUT2D eigenvalue weighted by molar-refractivity contribution is 0.0948. The van der Waals surface area contributed by atoms with Crippen molar-refractivity contribution in [2.75, 3.05) is 18.4 Å². The number of carbonyl (C=O) groups excluding carboxylic acids is 2. The van der Waals surface area contributed by atoms with Gasteiger partial charge in [0.2, 0.25) is 0 Å². The van der Waals surface area contributed by atoms with E-state index in [0.717, 1.165) is 51.8 Å². The van der Waals surface area contributed by atoms with Crippen LogP contribution < -0.4 is 16.0 Å². The fraction of sp³-hybridized carbons (Fsp3) is 0.304. The zero-order valence-electron chi connectivity index (χ0n) is 16.2. The zero-order valence-corrected chi connectivity index (χ0v) is 16.2. The predicted molar refractivity (Wildman–Crippen MR) is 111 cm³/mol. The van der Waals surface area contributed by atoms with Crippen LogP contribution in [0.3, 0.4) is 0 Å². The summed E-state index contributed by atoms with van der Waals surface area (Å²) in [6, 6.07) is 11.8. The van der Waals surface area contributed by atoms with Gasteiger partial charge in [-0.15, -0.1) is 0 Å². The van der Waals surface area contributed by atoms with Gasteiger partial charge in [-0.1, -0.05) is 12.1 Å². The first kappa shape index (κ1) is 16.7. The van der Waals surface area contributed by atoms with E-state index in [1.165, 1.54) is 5.56 Å². The molecule has 0 saturated heterocycles. The number of hydrogen-bond acceptors (Lipinski definition) is 3. The van der Waals surface area contributed by atoms with Crippen molar-refractivity contribution < 1.29 is 9.59 Å². The summed E-state index contributed by atoms with van der Waals surface area (Å²) in [6.07, 6.45) is 1.64. The minimum Gasteiger partial charge on any atom is -0.374 e. The van der Waals surface area contributed by atoms with Crippen molar-refractivity contribution >= 4 is 28.4 Å². The molecule has 6 nitrogen and oxygen atoms in total. The Morgan fingerprint density at radius 1 is 0.966 bits per heavy atom. The van der Waals surface area contributed by atoms with Gasteiger partial charge in [-0.2, -0.15) is 0 Å². The molecule has 0 aliphatic carbocycles. The second kappa shape index (κ2) is 5.63. The number of amides is 2. The van der Waals surface area contributed by atoms with Gasteiger partial charge in [-0.25, -0.2) is 0 Å². The van der Waals surface area contributed by atoms with E-state index in [1.54, 1.807) is 0 Å². The highest BCUT2D eigenvalue weighted by Crippen LogP contribution is 2.53. The summed E-state index contributed by atoms with van der Waals surface area (Å²) in [5, 5.41) is 10.8. The van der Waals surface area contributed by atoms with Gasteiger partial charge in [-0.3, -0.25) is 9.59 Å². The first-order valence-electron chi connectivity index (χ1n) is 10.2. The summed E-state index contributed by atoms with van der Waals surface area (Å²) in [5.41, 5.74) is 6.56. The van der Waals surface area contributed by atoms with Gasteiger partial charge in [0.25, 0.3) is 11.8 Å². The summed E-state index contributed by atoms with van der Waals surface area (Å²) >= 11 is 0. The summed E-state index contributed by atoms with van der Waals surface area (Å²) in [4.78, 5) is 28.8. The number of rotatable bonds is 1. The normalized spacial score (nSPS) is 24.9. The Morgan fingerprint density at radius 3 is 2.62 bits per heavy atom. The SMILES string of the molecule is CC1(c2[nH]c3cccc4c3c2CCNC4=O)Nc2cccc3c2C1CCNC3=O. The number of carbonyl (C=O) groups is 2. The van der Waals surface area contributed by atoms with Crippen LogP contribution in [0.5, 0.6) is 0 Å². The number of hydrogen-bond donors (Lipinski definition) is 4. The largest absolute Gasteiger partial charge is 0.374 e. The molecule has 2 atom stereocenters. The first-order chi connectivity index (χ1) is 14.1. The number of nitrogens with one attached hydrogen (secondary N) is 4. The van der Waals surface area contributed by atoms with Gasteiger partial charge < -0.3 is 20.9 Å². The molecular formula is C23H22N4O2. The third-order valence-electron chi connectivity index (χ3n) is 6.86. The maximum absolute atomic E-state index is 12.6. The van der Waals surface area contributed by atoms with E-state index in [2.05, 4.69) is 33.9 Å². The lowest BCUT2D eigenvalue weighted by Crippen LogP contribution is -2.36. The second-order valence-electron chi connectivity index (χ2n) is 8.40. The fourth-order valence-electron chi connectivity index (χ4n) is 5.59. The number of aromatic amines is 1. The molecule has 3 aliphatic rings. The third-order valence-corrected chi connectivity index (χ3v) is 6.86. The van der Waals surface area contributed by atoms with Gasteiger partial charge in [0, 0.05) is 52.4 Å². The first-order valence-corrected chi connectivity index (χ1v) is 10.2. The Balaban J connectivity index is 1.61. The monoisotopic (exact) mass is 386 g/mol. The Hall–Kier alpha value is -3.28. The maximum Gasteiger partial charge on any atom is 0.251 e. The molecule has 6 heteroatoms. The van der Waals surface area contributed by atoms with Gasteiger partial charge >= 0.3 is 0 Å². The van der Waals surface area contributed by atoms with E-state index in [-0.39, 0.29) is 23.3 Å². The van der Waals surface area contributed by atoms with Crippen LogP contribution in [0.2, 0.25) is 0 Å². The molecule has 3 aliphatic heterocycles. The lowest BCUT2D eigenvalue weighted by Gasteiger charge is -2.33. The summed E-state index contributed by atoms with van der Waals surface area (Å²) < 4.78 is 0. The number of aromatic nitrogens is 1. The van der Waals surface area contributed by atoms with E-state index in [1.807, 2.05) is 30.3 Å². The molecule has 0 saturated carbocycles. The molecule has 2 unspecified atom stereocenters. The number of H-pyrrole nitrogens is 1. The molecule has 2 amide bonds. The quantitative estimate of drug-likeness (QED) is 0.519. The smallest absolute Gasteiger partial charge is 0.251 e. The van der Waals surface area contributed by atoms with Crippen LogP contribution in [0.15, 0.2) is 36.4 Å². The van der Waals surface area contributed by atoms with Crippen LogP contribution in [-0.2, 0) is 12.0 Å². The Morgan fingerprint density at radius 2 is 1.72 bits per heavy atom. The molecule has 0 radical (unpaired) electrons. The summed E-state index contributed by atoms with van der Waals surface area (Å²) in [7, 11) is 0. The van der Waals surface area contributed by atoms with Gasteiger partial charge in [0.15, 0.2) is 0 Å². The molecule has 4 N–H and O–H groups in total. The molecule has 4 heterocycles. The van der Waals surface area contributed by atoms with Crippen molar-refractivity contribution in [3.05, 3.63) is 64.3 Å². The van der Waals surface area contributed by atoms with Crippen molar-refractivity contribution in [2.45, 2.75) is 31.2 Å². The number of benzene rings is 2. The van der Waals surface area contributed by atoms with Gasteiger partial charge in [-0.05, 0) is 55.2 Å². The number of anilines is 1. The van der Waals surface area contributed by atoms with Gasteiger partial charge in [0.1, 0.15) is 0 Å². The molecule has 0 bridgehead atoms. The molecule has 0 spiro atoms. The van der Waals surface area contributed by atoms with Crippen LogP contribution >= 0.6 is 0 Å². The summed E-state index contributed by atoms with van der Waals surface area (Å²) in [5.74, 6) is 0.147. The average Bonchev–Trinajstić information content (AvgIpc) is 3.09. The second-order valence-corrected chi connectivity index (χ2v) is 8.40. The Labute approximate surface area is 168 Å². The minimum absolute atomic E-state index is 0.00210. The molecule has 0 fully saturated rings. The van der Waals surface area contributed by atoms with Crippen molar-refractivity contribution in [1.82, 2.24) is 15.6 Å². The van der Waals surface area contributed by atoms with Crippen molar-refractivity contribution in [1.29, 1.82) is 0 Å². The predicted octanol–water partition coefficient (Wildman–Crippen LogP) is 3.01. The van der Waals surface area contributed by atoms with E-state index in [4.69, 9.17) is 0 Å². The molecule has 146 valence electrons. The standard InChI is InChI=1S/C23H22N4O2/c1-23(15-9-11-25-22(29)14-5-3-7-17(27-23)19(14)15)20-12-8-10-24-21(28)13-4-2-6-16(26-20)18(12)13/h2-7,15,26-27H,8-11H2,1H3,(H,24,28)(H,25,29). The van der Waals surface area contributed by atoms with Crippen LogP contribution in [0.1, 0.15) is 56.8 Å². The average molecular weight is 386 g/mol. The zero-order chi connectivity index (χ0) is 19.8. The Kier molecular flexibility index (Phi) is 3.23. The third kappa shape index (κ3) is 2.11. The van der Waals surface area contributed by atoms with E-state index in [9.17, 15) is 9.59 Å². The maximum atomic E-state index is 12.6. The molecule has 2 aromatic carbocycles. The molecular weight excluding hydrogens is 364 g/mol. The highest BCUT2D eigenvalue weighted by atomic mass is 16.2. The van der Waals surface area contributed by atoms with Crippen molar-refractivity contribution in [3.8, 4) is 0 Å². The van der Waals surface area contributed by atoms with E-state index < -0.39 is 0 Å². The molecule has 3 aromatic rings. The molecule has 1 aromatic heterocycles. The van der Waals surface area contributed by atoms with E-state index in [0.29, 0.717) is 13.1 Å². The van der Waals surface area contributed by atoms with Gasteiger partial charge in [0.05, 0.1) is 5.54 Å². The van der Waals surface area contributed by atoms with Crippen LogP contribution in [0.25, 0.3) is 10.9 Å². The lowest BCUT2D eigenvalue weighted by atomic mass is 9.77. The van der Waals surface area contributed by atoms with Crippen molar-refractivity contribution in [3.63, 3.8) is 0 Å². The van der Waals surface area contributed by atoms with Crippen LogP contribution in [-0.4, -0.2) is 29.9 Å². The van der Waals surface area contributed by atoms with Crippen LogP contribution in [0.4, 0.5) is 5.69 Å². The summed E-state index contributed by atoms with van der Waals surface area (Å²) in [6.45, 7) is 3.49. The van der Waals surface area contributed by atoms with Crippen molar-refractivity contribution in [2.24, 2.45) is 0 Å². The highest BCUT2D eigenvalue weighted by molar-refractivity contribution is 6.09. The Bertz CT molecular complexity index is 1210. The highest BCUT2D eigenvalue weighted by Gasteiger charge is 2.48.